The Bertz CT molecular complexity index is 3090. The van der Waals surface area contributed by atoms with Crippen LogP contribution in [0.5, 0.6) is 0 Å². The van der Waals surface area contributed by atoms with Crippen molar-refractivity contribution in [2.75, 3.05) is 0 Å². The van der Waals surface area contributed by atoms with E-state index in [1.807, 2.05) is 24.3 Å². The van der Waals surface area contributed by atoms with Gasteiger partial charge in [0, 0.05) is 38.4 Å². The molecule has 0 fully saturated rings. The maximum Gasteiger partial charge on any atom is 0.307 e. The molecule has 0 aliphatic carbocycles. The Balaban J connectivity index is 1.20. The minimum Gasteiger partial charge on any atom is -0.456 e. The van der Waals surface area contributed by atoms with E-state index in [1.54, 1.807) is 0 Å². The Kier molecular flexibility index (Phi) is 5.60. The highest BCUT2D eigenvalue weighted by molar-refractivity contribution is 6.13. The monoisotopic (exact) mass is 641 g/mol. The number of furan rings is 1. The number of rotatable bonds is 4. The van der Waals surface area contributed by atoms with Crippen molar-refractivity contribution in [1.29, 1.82) is 0 Å². The lowest BCUT2D eigenvalue weighted by Crippen LogP contribution is -1.93. The molecular weight excluding hydrogens is 615 g/mol. The molecule has 0 aliphatic rings. The summed E-state index contributed by atoms with van der Waals surface area (Å²) in [6.07, 6.45) is 0. The van der Waals surface area contributed by atoms with Crippen LogP contribution in [0.25, 0.3) is 100 Å². The molecule has 0 N–H and O–H groups in total. The number of para-hydroxylation sites is 3. The summed E-state index contributed by atoms with van der Waals surface area (Å²) in [5.41, 5.74) is 13.1. The zero-order valence-electron chi connectivity index (χ0n) is 26.7. The minimum absolute atomic E-state index is 0.560. The van der Waals surface area contributed by atoms with Gasteiger partial charge in [0.2, 0.25) is 0 Å². The summed E-state index contributed by atoms with van der Waals surface area (Å²) in [6, 6.07) is 57.3. The lowest BCUT2D eigenvalue weighted by Gasteiger charge is -2.09. The topological polar surface area (TPSA) is 48.5 Å². The van der Waals surface area contributed by atoms with Gasteiger partial charge in [0.1, 0.15) is 16.9 Å². The highest BCUT2D eigenvalue weighted by atomic mass is 16.4. The summed E-state index contributed by atoms with van der Waals surface area (Å²) in [7, 11) is 0. The number of nitrogens with zero attached hydrogens (tertiary/aromatic N) is 3. The van der Waals surface area contributed by atoms with Crippen molar-refractivity contribution in [2.45, 2.75) is 0 Å². The van der Waals surface area contributed by atoms with Gasteiger partial charge in [-0.2, -0.15) is 4.98 Å². The minimum atomic E-state index is 0.560. The number of imidazole rings is 1. The molecule has 4 heterocycles. The average molecular weight is 642 g/mol. The van der Waals surface area contributed by atoms with E-state index in [9.17, 15) is 0 Å². The first-order valence-corrected chi connectivity index (χ1v) is 16.8. The molecule has 0 amide bonds. The molecule has 5 nitrogen and oxygen atoms in total. The van der Waals surface area contributed by atoms with Crippen LogP contribution in [0.15, 0.2) is 173 Å². The summed E-state index contributed by atoms with van der Waals surface area (Å²) >= 11 is 0. The van der Waals surface area contributed by atoms with Gasteiger partial charge in [0.15, 0.2) is 5.58 Å². The molecule has 5 heteroatoms. The Morgan fingerprint density at radius 3 is 2.04 bits per heavy atom. The van der Waals surface area contributed by atoms with E-state index in [0.717, 1.165) is 77.9 Å². The highest BCUT2D eigenvalue weighted by Gasteiger charge is 2.23. The molecule has 0 spiro atoms. The third-order valence-corrected chi connectivity index (χ3v) is 9.97. The van der Waals surface area contributed by atoms with E-state index in [4.69, 9.17) is 13.8 Å². The van der Waals surface area contributed by atoms with Gasteiger partial charge in [-0.05, 0) is 65.7 Å². The van der Waals surface area contributed by atoms with Gasteiger partial charge >= 0.3 is 5.84 Å². The Morgan fingerprint density at radius 2 is 1.16 bits per heavy atom. The van der Waals surface area contributed by atoms with E-state index in [-0.39, 0.29) is 0 Å². The lowest BCUT2D eigenvalue weighted by atomic mass is 9.99. The molecule has 0 unspecified atom stereocenters. The van der Waals surface area contributed by atoms with Crippen LogP contribution >= 0.6 is 0 Å². The molecule has 50 heavy (non-hydrogen) atoms. The van der Waals surface area contributed by atoms with Crippen LogP contribution in [0.3, 0.4) is 0 Å². The second kappa shape index (κ2) is 10.3. The van der Waals surface area contributed by atoms with Crippen molar-refractivity contribution >= 4 is 60.7 Å². The largest absolute Gasteiger partial charge is 0.456 e. The Morgan fingerprint density at radius 1 is 0.440 bits per heavy atom. The third-order valence-electron chi connectivity index (χ3n) is 9.97. The highest BCUT2D eigenvalue weighted by Crippen LogP contribution is 2.42. The van der Waals surface area contributed by atoms with Crippen molar-refractivity contribution in [3.05, 3.63) is 164 Å². The summed E-state index contributed by atoms with van der Waals surface area (Å²) in [4.78, 5) is 5.15. The van der Waals surface area contributed by atoms with Crippen LogP contribution in [-0.4, -0.2) is 14.0 Å². The van der Waals surface area contributed by atoms with E-state index in [0.29, 0.717) is 5.84 Å². The second-order valence-electron chi connectivity index (χ2n) is 12.8. The summed E-state index contributed by atoms with van der Waals surface area (Å²) in [5, 5.41) is 4.60. The van der Waals surface area contributed by atoms with Crippen molar-refractivity contribution in [3.63, 3.8) is 0 Å². The van der Waals surface area contributed by atoms with Crippen molar-refractivity contribution < 1.29 is 8.83 Å². The van der Waals surface area contributed by atoms with E-state index in [1.165, 1.54) is 16.3 Å². The molecule has 234 valence electrons. The van der Waals surface area contributed by atoms with Gasteiger partial charge in [-0.3, -0.25) is 4.40 Å². The van der Waals surface area contributed by atoms with Gasteiger partial charge < -0.3 is 13.4 Å². The van der Waals surface area contributed by atoms with Gasteiger partial charge in [0.25, 0.3) is 0 Å². The molecule has 0 aliphatic heterocycles. The molecule has 0 atom stereocenters. The maximum absolute atomic E-state index is 6.50. The van der Waals surface area contributed by atoms with Gasteiger partial charge in [-0.1, -0.05) is 109 Å². The molecule has 11 rings (SSSR count). The first kappa shape index (κ1) is 27.1. The fourth-order valence-electron chi connectivity index (χ4n) is 7.79. The van der Waals surface area contributed by atoms with Gasteiger partial charge in [-0.15, -0.1) is 0 Å². The first-order chi connectivity index (χ1) is 24.8. The number of aromatic nitrogens is 3. The molecule has 0 bridgehead atoms. The van der Waals surface area contributed by atoms with Crippen molar-refractivity contribution in [3.8, 4) is 39.3 Å². The Labute approximate surface area is 285 Å². The third kappa shape index (κ3) is 3.86. The SMILES string of the molecule is c1ccc(-c2nc3oc4ccc(-c5cccc6oc7ccccc7c56)cc4n3c2-c2ccc3c(c2)c2ccccc2n3-c2ccccc2)cc1. The van der Waals surface area contributed by atoms with Gasteiger partial charge in [0.05, 0.1) is 22.2 Å². The second-order valence-corrected chi connectivity index (χ2v) is 12.8. The van der Waals surface area contributed by atoms with Crippen LogP contribution < -0.4 is 0 Å². The lowest BCUT2D eigenvalue weighted by molar-refractivity contribution is 0.642. The van der Waals surface area contributed by atoms with Crippen LogP contribution in [0.1, 0.15) is 0 Å². The maximum atomic E-state index is 6.50. The molecule has 0 saturated carbocycles. The first-order valence-electron chi connectivity index (χ1n) is 16.8. The standard InChI is InChI=1S/C45H27N3O2/c1-3-12-28(13-4-1)43-44(30-22-24-37-35(26-30)33-16-7-9-19-36(33)47(37)31-14-5-2-6-15-31)48-38-27-29(23-25-40(38)50-45(48)46-43)32-18-11-21-41-42(32)34-17-8-10-20-39(34)49-41/h1-27H. The fourth-order valence-corrected chi connectivity index (χ4v) is 7.79. The van der Waals surface area contributed by atoms with Crippen molar-refractivity contribution in [1.82, 2.24) is 14.0 Å². The van der Waals surface area contributed by atoms with Crippen LogP contribution in [-0.2, 0) is 0 Å². The molecule has 7 aromatic carbocycles. The zero-order valence-corrected chi connectivity index (χ0v) is 26.7. The van der Waals surface area contributed by atoms with Crippen LogP contribution in [0.4, 0.5) is 0 Å². The number of benzene rings is 7. The van der Waals surface area contributed by atoms with Crippen LogP contribution in [0.2, 0.25) is 0 Å². The van der Waals surface area contributed by atoms with Crippen LogP contribution in [0, 0.1) is 0 Å². The summed E-state index contributed by atoms with van der Waals surface area (Å²) < 4.78 is 17.3. The van der Waals surface area contributed by atoms with Crippen molar-refractivity contribution in [2.24, 2.45) is 0 Å². The molecule has 0 saturated heterocycles. The molecule has 0 radical (unpaired) electrons. The average Bonchev–Trinajstić information content (AvgIpc) is 3.93. The molecular formula is C45H27N3O2. The van der Waals surface area contributed by atoms with E-state index in [2.05, 4.69) is 148 Å². The fraction of sp³-hybridized carbons (Fsp3) is 0. The Hall–Kier alpha value is -6.85. The summed E-state index contributed by atoms with van der Waals surface area (Å²) in [5.74, 6) is 0.560. The quantitative estimate of drug-likeness (QED) is 0.192. The number of fused-ring (bicyclic) bond motifs is 9. The van der Waals surface area contributed by atoms with Gasteiger partial charge in [-0.25, -0.2) is 0 Å². The molecule has 4 aromatic heterocycles. The smallest absolute Gasteiger partial charge is 0.307 e. The normalized spacial score (nSPS) is 12.0. The van der Waals surface area contributed by atoms with E-state index < -0.39 is 0 Å². The predicted molar refractivity (Wildman–Crippen MR) is 203 cm³/mol. The van der Waals surface area contributed by atoms with E-state index >= 15 is 0 Å². The zero-order chi connectivity index (χ0) is 32.8. The predicted octanol–water partition coefficient (Wildman–Crippen LogP) is 12.1. The summed E-state index contributed by atoms with van der Waals surface area (Å²) in [6.45, 7) is 0. The number of oxazole rings is 1. The number of hydrogen-bond acceptors (Lipinski definition) is 3. The number of hydrogen-bond donors (Lipinski definition) is 0. The molecule has 11 aromatic rings.